The first-order valence-electron chi connectivity index (χ1n) is 6.23. The van der Waals surface area contributed by atoms with Crippen LogP contribution in [0.15, 0.2) is 24.3 Å². The molecule has 2 amide bonds. The van der Waals surface area contributed by atoms with Crippen LogP contribution in [-0.4, -0.2) is 29.4 Å². The molecule has 0 saturated carbocycles. The highest BCUT2D eigenvalue weighted by Gasteiger charge is 2.34. The molecule has 1 aromatic carbocycles. The number of alkyl halides is 3. The second-order valence-corrected chi connectivity index (χ2v) is 5.76. The zero-order valence-corrected chi connectivity index (χ0v) is 11.7. The molecule has 0 spiro atoms. The first kappa shape index (κ1) is 15.7. The number of halogens is 3. The molecule has 1 aromatic rings. The van der Waals surface area contributed by atoms with Crippen LogP contribution >= 0.6 is 11.8 Å². The van der Waals surface area contributed by atoms with Crippen molar-refractivity contribution in [3.8, 4) is 0 Å². The molecule has 1 aliphatic rings. The summed E-state index contributed by atoms with van der Waals surface area (Å²) in [5.41, 5.74) is -1.20. The lowest BCUT2D eigenvalue weighted by molar-refractivity contribution is -0.137. The quantitative estimate of drug-likeness (QED) is 0.899. The van der Waals surface area contributed by atoms with Gasteiger partial charge in [0.2, 0.25) is 11.8 Å². The van der Waals surface area contributed by atoms with Crippen molar-refractivity contribution >= 4 is 29.3 Å². The third-order valence-electron chi connectivity index (χ3n) is 2.89. The summed E-state index contributed by atoms with van der Waals surface area (Å²) in [5, 5.41) is 4.29. The summed E-state index contributed by atoms with van der Waals surface area (Å²) in [6, 6.07) is 4.75. The van der Waals surface area contributed by atoms with E-state index in [9.17, 15) is 22.8 Å². The predicted octanol–water partition coefficient (Wildman–Crippen LogP) is 2.27. The topological polar surface area (TPSA) is 58.2 Å². The van der Waals surface area contributed by atoms with Gasteiger partial charge in [-0.1, -0.05) is 12.1 Å². The van der Waals surface area contributed by atoms with Crippen molar-refractivity contribution in [3.05, 3.63) is 29.8 Å². The van der Waals surface area contributed by atoms with Crippen LogP contribution in [0, 0.1) is 0 Å². The Morgan fingerprint density at radius 3 is 2.76 bits per heavy atom. The zero-order valence-electron chi connectivity index (χ0n) is 10.9. The van der Waals surface area contributed by atoms with Gasteiger partial charge in [0, 0.05) is 18.7 Å². The molecule has 1 fully saturated rings. The molecule has 1 aliphatic heterocycles. The molecule has 1 atom stereocenters. The Hall–Kier alpha value is -1.70. The Bertz CT molecular complexity index is 548. The van der Waals surface area contributed by atoms with Crippen molar-refractivity contribution in [1.29, 1.82) is 0 Å². The monoisotopic (exact) mass is 318 g/mol. The summed E-state index contributed by atoms with van der Waals surface area (Å²) in [6.45, 7) is 0.540. The molecule has 1 heterocycles. The Morgan fingerprint density at radius 2 is 2.10 bits per heavy atom. The van der Waals surface area contributed by atoms with Gasteiger partial charge in [-0.2, -0.15) is 13.2 Å². The summed E-state index contributed by atoms with van der Waals surface area (Å²) in [4.78, 5) is 23.4. The summed E-state index contributed by atoms with van der Waals surface area (Å²) in [6.07, 6.45) is -4.69. The van der Waals surface area contributed by atoms with Gasteiger partial charge in [-0.25, -0.2) is 0 Å². The first-order chi connectivity index (χ1) is 9.88. The summed E-state index contributed by atoms with van der Waals surface area (Å²) >= 11 is 1.32. The van der Waals surface area contributed by atoms with Crippen molar-refractivity contribution in [2.45, 2.75) is 17.8 Å². The van der Waals surface area contributed by atoms with E-state index in [-0.39, 0.29) is 18.0 Å². The molecule has 1 saturated heterocycles. The van der Waals surface area contributed by atoms with E-state index in [1.807, 2.05) is 0 Å². The van der Waals surface area contributed by atoms with Crippen molar-refractivity contribution in [1.82, 2.24) is 5.32 Å². The second-order valence-electron chi connectivity index (χ2n) is 4.45. The molecule has 0 aromatic heterocycles. The molecule has 0 bridgehead atoms. The minimum absolute atomic E-state index is 0.150. The van der Waals surface area contributed by atoms with E-state index in [0.717, 1.165) is 6.07 Å². The molecule has 4 nitrogen and oxygen atoms in total. The smallest absolute Gasteiger partial charge is 0.354 e. The van der Waals surface area contributed by atoms with Crippen molar-refractivity contribution in [2.75, 3.05) is 17.6 Å². The molecule has 0 unspecified atom stereocenters. The fourth-order valence-electron chi connectivity index (χ4n) is 1.93. The molecule has 2 rings (SSSR count). The number of amides is 2. The third kappa shape index (κ3) is 4.13. The van der Waals surface area contributed by atoms with Gasteiger partial charge in [0.15, 0.2) is 0 Å². The van der Waals surface area contributed by atoms with Crippen molar-refractivity contribution < 1.29 is 22.8 Å². The molecule has 2 N–H and O–H groups in total. The maximum atomic E-state index is 12.8. The Balaban J connectivity index is 2.05. The molecule has 114 valence electrons. The first-order valence-corrected chi connectivity index (χ1v) is 7.28. The van der Waals surface area contributed by atoms with Crippen LogP contribution in [0.3, 0.4) is 0 Å². The third-order valence-corrected chi connectivity index (χ3v) is 4.11. The Labute approximate surface area is 123 Å². The average molecular weight is 318 g/mol. The second kappa shape index (κ2) is 6.38. The SMILES string of the molecule is O=C(C[C@@H]1SCCNC1=O)Nc1ccccc1C(F)(F)F. The van der Waals surface area contributed by atoms with Crippen LogP contribution in [0.2, 0.25) is 0 Å². The van der Waals surface area contributed by atoms with Crippen molar-refractivity contribution in [3.63, 3.8) is 0 Å². The number of anilines is 1. The Morgan fingerprint density at radius 1 is 1.38 bits per heavy atom. The normalized spacial score (nSPS) is 19.0. The van der Waals surface area contributed by atoms with Crippen LogP contribution in [0.5, 0.6) is 0 Å². The van der Waals surface area contributed by atoms with Gasteiger partial charge >= 0.3 is 6.18 Å². The lowest BCUT2D eigenvalue weighted by Crippen LogP contribution is -2.41. The number of nitrogens with one attached hydrogen (secondary N) is 2. The highest BCUT2D eigenvalue weighted by Crippen LogP contribution is 2.34. The molecular weight excluding hydrogens is 305 g/mol. The van der Waals surface area contributed by atoms with Gasteiger partial charge in [0.05, 0.1) is 16.5 Å². The van der Waals surface area contributed by atoms with Crippen LogP contribution in [-0.2, 0) is 15.8 Å². The van der Waals surface area contributed by atoms with E-state index < -0.39 is 22.9 Å². The van der Waals surface area contributed by atoms with Gasteiger partial charge in [-0.3, -0.25) is 9.59 Å². The number of hydrogen-bond acceptors (Lipinski definition) is 3. The van der Waals surface area contributed by atoms with Gasteiger partial charge < -0.3 is 10.6 Å². The molecule has 0 radical (unpaired) electrons. The highest BCUT2D eigenvalue weighted by molar-refractivity contribution is 8.00. The Kier molecular flexibility index (Phi) is 4.76. The minimum Gasteiger partial charge on any atom is -0.354 e. The van der Waals surface area contributed by atoms with Crippen LogP contribution in [0.25, 0.3) is 0 Å². The van der Waals surface area contributed by atoms with E-state index in [2.05, 4.69) is 10.6 Å². The van der Waals surface area contributed by atoms with Crippen LogP contribution in [0.1, 0.15) is 12.0 Å². The van der Waals surface area contributed by atoms with E-state index in [1.54, 1.807) is 0 Å². The van der Waals surface area contributed by atoms with E-state index in [0.29, 0.717) is 12.3 Å². The standard InChI is InChI=1S/C13H13F3N2O2S/c14-13(15,16)8-3-1-2-4-9(8)18-11(19)7-10-12(20)17-5-6-21-10/h1-4,10H,5-7H2,(H,17,20)(H,18,19)/t10-/m0/s1. The fraction of sp³-hybridized carbons (Fsp3) is 0.385. The number of benzene rings is 1. The van der Waals surface area contributed by atoms with Crippen LogP contribution < -0.4 is 10.6 Å². The van der Waals surface area contributed by atoms with E-state index >= 15 is 0 Å². The summed E-state index contributed by atoms with van der Waals surface area (Å²) in [5.74, 6) is -0.185. The maximum Gasteiger partial charge on any atom is 0.418 e. The lowest BCUT2D eigenvalue weighted by atomic mass is 10.1. The molecular formula is C13H13F3N2O2S. The number of carbonyl (C=O) groups excluding carboxylic acids is 2. The fourth-order valence-corrected chi connectivity index (χ4v) is 2.93. The molecule has 21 heavy (non-hydrogen) atoms. The summed E-state index contributed by atoms with van der Waals surface area (Å²) in [7, 11) is 0. The van der Waals surface area contributed by atoms with E-state index in [4.69, 9.17) is 0 Å². The number of rotatable bonds is 3. The largest absolute Gasteiger partial charge is 0.418 e. The minimum atomic E-state index is -4.54. The van der Waals surface area contributed by atoms with Gasteiger partial charge in [-0.15, -0.1) is 11.8 Å². The highest BCUT2D eigenvalue weighted by atomic mass is 32.2. The van der Waals surface area contributed by atoms with Gasteiger partial charge in [-0.05, 0) is 12.1 Å². The average Bonchev–Trinajstić information content (AvgIpc) is 2.41. The lowest BCUT2D eigenvalue weighted by Gasteiger charge is -2.21. The molecule has 8 heteroatoms. The van der Waals surface area contributed by atoms with Crippen molar-refractivity contribution in [2.24, 2.45) is 0 Å². The number of carbonyl (C=O) groups is 2. The predicted molar refractivity (Wildman–Crippen MR) is 73.9 cm³/mol. The maximum absolute atomic E-state index is 12.8. The number of hydrogen-bond donors (Lipinski definition) is 2. The van der Waals surface area contributed by atoms with Gasteiger partial charge in [0.1, 0.15) is 0 Å². The van der Waals surface area contributed by atoms with Crippen LogP contribution in [0.4, 0.5) is 18.9 Å². The summed E-state index contributed by atoms with van der Waals surface area (Å²) < 4.78 is 38.4. The zero-order chi connectivity index (χ0) is 15.5. The number of para-hydroxylation sites is 1. The molecule has 0 aliphatic carbocycles. The number of thioether (sulfide) groups is 1. The van der Waals surface area contributed by atoms with E-state index in [1.165, 1.54) is 30.0 Å². The van der Waals surface area contributed by atoms with Gasteiger partial charge in [0.25, 0.3) is 0 Å².